The Morgan fingerprint density at radius 1 is 1.06 bits per heavy atom. The van der Waals surface area contributed by atoms with Crippen molar-refractivity contribution in [3.8, 4) is 0 Å². The van der Waals surface area contributed by atoms with Crippen molar-refractivity contribution in [3.05, 3.63) is 96.6 Å². The van der Waals surface area contributed by atoms with Crippen molar-refractivity contribution < 1.29 is 4.79 Å². The fourth-order valence-corrected chi connectivity index (χ4v) is 4.85. The molecule has 1 fully saturated rings. The SMILES string of the molecule is Cn1cccc1[C@H]1[C@@H](c2ccccn2)NC(=S)N1CCC(=O)Nc1cccc2ccccc12. The van der Waals surface area contributed by atoms with Gasteiger partial charge in [0.15, 0.2) is 5.11 Å². The molecule has 1 aliphatic heterocycles. The highest BCUT2D eigenvalue weighted by atomic mass is 32.1. The minimum atomic E-state index is -0.0894. The molecule has 0 unspecified atom stereocenters. The second kappa shape index (κ2) is 9.03. The summed E-state index contributed by atoms with van der Waals surface area (Å²) in [6, 6.07) is 23.9. The first-order valence-electron chi connectivity index (χ1n) is 11.0. The molecule has 5 rings (SSSR count). The molecule has 2 N–H and O–H groups in total. The smallest absolute Gasteiger partial charge is 0.226 e. The molecule has 3 heterocycles. The largest absolute Gasteiger partial charge is 0.353 e. The van der Waals surface area contributed by atoms with Crippen LogP contribution in [0, 0.1) is 0 Å². The van der Waals surface area contributed by atoms with Gasteiger partial charge in [-0.2, -0.15) is 0 Å². The molecule has 7 heteroatoms. The molecule has 33 heavy (non-hydrogen) atoms. The summed E-state index contributed by atoms with van der Waals surface area (Å²) in [5.41, 5.74) is 2.87. The highest BCUT2D eigenvalue weighted by Crippen LogP contribution is 2.38. The van der Waals surface area contributed by atoms with Gasteiger partial charge in [0.1, 0.15) is 0 Å². The van der Waals surface area contributed by atoms with Crippen molar-refractivity contribution in [1.82, 2.24) is 19.8 Å². The molecule has 1 saturated heterocycles. The molecule has 6 nitrogen and oxygen atoms in total. The average Bonchev–Trinajstić information content (AvgIpc) is 3.40. The Hall–Kier alpha value is -3.71. The third-order valence-electron chi connectivity index (χ3n) is 6.13. The van der Waals surface area contributed by atoms with E-state index in [0.717, 1.165) is 27.8 Å². The summed E-state index contributed by atoms with van der Waals surface area (Å²) >= 11 is 5.70. The number of rotatable bonds is 6. The Morgan fingerprint density at radius 3 is 2.67 bits per heavy atom. The maximum Gasteiger partial charge on any atom is 0.226 e. The number of hydrogen-bond acceptors (Lipinski definition) is 3. The quantitative estimate of drug-likeness (QED) is 0.417. The van der Waals surface area contributed by atoms with Crippen LogP contribution < -0.4 is 10.6 Å². The number of aryl methyl sites for hydroxylation is 1. The van der Waals surface area contributed by atoms with Gasteiger partial charge >= 0.3 is 0 Å². The second-order valence-corrected chi connectivity index (χ2v) is 8.58. The van der Waals surface area contributed by atoms with Crippen LogP contribution in [0.25, 0.3) is 10.8 Å². The van der Waals surface area contributed by atoms with Crippen LogP contribution in [0.3, 0.4) is 0 Å². The molecule has 1 amide bonds. The number of carbonyl (C=O) groups excluding carboxylic acids is 1. The van der Waals surface area contributed by atoms with E-state index in [1.165, 1.54) is 0 Å². The second-order valence-electron chi connectivity index (χ2n) is 8.19. The fraction of sp³-hybridized carbons (Fsp3) is 0.192. The summed E-state index contributed by atoms with van der Waals surface area (Å²) in [4.78, 5) is 19.6. The van der Waals surface area contributed by atoms with E-state index < -0.39 is 0 Å². The van der Waals surface area contributed by atoms with Gasteiger partial charge in [0, 0.05) is 49.2 Å². The van der Waals surface area contributed by atoms with Crippen molar-refractivity contribution >= 4 is 39.7 Å². The zero-order valence-electron chi connectivity index (χ0n) is 18.3. The first kappa shape index (κ1) is 21.2. The molecule has 1 aliphatic rings. The highest BCUT2D eigenvalue weighted by Gasteiger charge is 2.40. The van der Waals surface area contributed by atoms with Gasteiger partial charge in [0.05, 0.1) is 17.8 Å². The maximum absolute atomic E-state index is 12.9. The Morgan fingerprint density at radius 2 is 1.88 bits per heavy atom. The van der Waals surface area contributed by atoms with E-state index in [2.05, 4.69) is 31.2 Å². The van der Waals surface area contributed by atoms with Gasteiger partial charge in [0.25, 0.3) is 0 Å². The normalized spacial score (nSPS) is 17.8. The van der Waals surface area contributed by atoms with E-state index >= 15 is 0 Å². The van der Waals surface area contributed by atoms with Crippen molar-refractivity contribution in [3.63, 3.8) is 0 Å². The van der Waals surface area contributed by atoms with Gasteiger partial charge in [-0.1, -0.05) is 42.5 Å². The third-order valence-corrected chi connectivity index (χ3v) is 6.48. The van der Waals surface area contributed by atoms with Gasteiger partial charge < -0.3 is 20.1 Å². The Balaban J connectivity index is 1.36. The lowest BCUT2D eigenvalue weighted by molar-refractivity contribution is -0.116. The highest BCUT2D eigenvalue weighted by molar-refractivity contribution is 7.80. The van der Waals surface area contributed by atoms with E-state index in [1.807, 2.05) is 80.0 Å². The topological polar surface area (TPSA) is 62.2 Å². The van der Waals surface area contributed by atoms with Crippen molar-refractivity contribution in [2.75, 3.05) is 11.9 Å². The number of nitrogens with zero attached hydrogens (tertiary/aromatic N) is 3. The molecule has 0 radical (unpaired) electrons. The lowest BCUT2D eigenvalue weighted by Crippen LogP contribution is -2.33. The van der Waals surface area contributed by atoms with E-state index in [4.69, 9.17) is 12.2 Å². The first-order valence-corrected chi connectivity index (χ1v) is 11.4. The van der Waals surface area contributed by atoms with Crippen LogP contribution in [-0.4, -0.2) is 32.0 Å². The number of amides is 1. The molecular formula is C26H25N5OS. The molecule has 4 aromatic rings. The Kier molecular flexibility index (Phi) is 5.79. The van der Waals surface area contributed by atoms with Gasteiger partial charge in [-0.15, -0.1) is 0 Å². The summed E-state index contributed by atoms with van der Waals surface area (Å²) in [6.07, 6.45) is 4.14. The summed E-state index contributed by atoms with van der Waals surface area (Å²) in [7, 11) is 2.03. The molecule has 0 saturated carbocycles. The van der Waals surface area contributed by atoms with Gasteiger partial charge in [0.2, 0.25) is 5.91 Å². The predicted octanol–water partition coefficient (Wildman–Crippen LogP) is 4.57. The lowest BCUT2D eigenvalue weighted by atomic mass is 10.0. The summed E-state index contributed by atoms with van der Waals surface area (Å²) in [5, 5.41) is 9.28. The number of carbonyl (C=O) groups is 1. The minimum absolute atomic E-state index is 0.0407. The first-order chi connectivity index (χ1) is 16.1. The number of anilines is 1. The molecule has 2 aromatic carbocycles. The predicted molar refractivity (Wildman–Crippen MR) is 135 cm³/mol. The molecule has 0 bridgehead atoms. The number of nitrogens with one attached hydrogen (secondary N) is 2. The molecular weight excluding hydrogens is 430 g/mol. The minimum Gasteiger partial charge on any atom is -0.353 e. The third kappa shape index (κ3) is 4.19. The van der Waals surface area contributed by atoms with Gasteiger partial charge in [-0.05, 0) is 47.9 Å². The number of benzene rings is 2. The Bertz CT molecular complexity index is 1300. The number of fused-ring (bicyclic) bond motifs is 1. The molecule has 2 atom stereocenters. The summed E-state index contributed by atoms with van der Waals surface area (Å²) < 4.78 is 2.10. The number of thiocarbonyl (C=S) groups is 1. The summed E-state index contributed by atoms with van der Waals surface area (Å²) in [5.74, 6) is -0.0407. The van der Waals surface area contributed by atoms with E-state index in [0.29, 0.717) is 18.1 Å². The average molecular weight is 456 g/mol. The van der Waals surface area contributed by atoms with Crippen molar-refractivity contribution in [1.29, 1.82) is 0 Å². The zero-order valence-corrected chi connectivity index (χ0v) is 19.1. The van der Waals surface area contributed by atoms with Crippen LogP contribution in [0.4, 0.5) is 5.69 Å². The molecule has 166 valence electrons. The van der Waals surface area contributed by atoms with Crippen LogP contribution in [0.5, 0.6) is 0 Å². The lowest BCUT2D eigenvalue weighted by Gasteiger charge is -2.28. The van der Waals surface area contributed by atoms with E-state index in [9.17, 15) is 4.79 Å². The van der Waals surface area contributed by atoms with E-state index in [1.54, 1.807) is 6.20 Å². The summed E-state index contributed by atoms with van der Waals surface area (Å²) in [6.45, 7) is 0.502. The number of hydrogen-bond donors (Lipinski definition) is 2. The standard InChI is InChI=1S/C26H25N5OS/c1-30-16-7-13-22(30)25-24(21-11-4-5-15-27-21)29-26(33)31(25)17-14-23(32)28-20-12-6-9-18-8-2-3-10-19(18)20/h2-13,15-16,24-25H,14,17H2,1H3,(H,28,32)(H,29,33)/t24-,25+/m1/s1. The van der Waals surface area contributed by atoms with Gasteiger partial charge in [-0.3, -0.25) is 9.78 Å². The fourth-order valence-electron chi connectivity index (χ4n) is 4.52. The van der Waals surface area contributed by atoms with Crippen LogP contribution in [-0.2, 0) is 11.8 Å². The van der Waals surface area contributed by atoms with Crippen LogP contribution in [0.2, 0.25) is 0 Å². The Labute approximate surface area is 198 Å². The maximum atomic E-state index is 12.9. The number of pyridine rings is 1. The van der Waals surface area contributed by atoms with E-state index in [-0.39, 0.29) is 18.0 Å². The van der Waals surface area contributed by atoms with Crippen LogP contribution >= 0.6 is 12.2 Å². The molecule has 2 aromatic heterocycles. The molecule has 0 spiro atoms. The van der Waals surface area contributed by atoms with Crippen molar-refractivity contribution in [2.24, 2.45) is 7.05 Å². The van der Waals surface area contributed by atoms with Crippen LogP contribution in [0.1, 0.15) is 29.9 Å². The van der Waals surface area contributed by atoms with Crippen LogP contribution in [0.15, 0.2) is 85.2 Å². The monoisotopic (exact) mass is 455 g/mol. The zero-order chi connectivity index (χ0) is 22.8. The molecule has 0 aliphatic carbocycles. The number of aromatic nitrogens is 2. The van der Waals surface area contributed by atoms with Gasteiger partial charge in [-0.25, -0.2) is 0 Å². The van der Waals surface area contributed by atoms with Crippen molar-refractivity contribution in [2.45, 2.75) is 18.5 Å².